The number of nitrogens with one attached hydrogen (secondary N) is 1. The van der Waals surface area contributed by atoms with E-state index >= 15 is 0 Å². The summed E-state index contributed by atoms with van der Waals surface area (Å²) >= 11 is 0. The van der Waals surface area contributed by atoms with Gasteiger partial charge in [0.25, 0.3) is 0 Å². The van der Waals surface area contributed by atoms with E-state index in [0.29, 0.717) is 23.4 Å². The molecule has 0 bridgehead atoms. The molecule has 0 radical (unpaired) electrons. The first-order chi connectivity index (χ1) is 12.3. The predicted octanol–water partition coefficient (Wildman–Crippen LogP) is 3.79. The number of carbonyl (C=O) groups is 2. The first kappa shape index (κ1) is 16.6. The summed E-state index contributed by atoms with van der Waals surface area (Å²) in [6.07, 6.45) is -3.80. The zero-order valence-corrected chi connectivity index (χ0v) is 13.6. The Morgan fingerprint density at radius 1 is 1.08 bits per heavy atom. The Balaban J connectivity index is 1.52. The summed E-state index contributed by atoms with van der Waals surface area (Å²) in [5.41, 5.74) is 1.25. The van der Waals surface area contributed by atoms with Crippen LogP contribution in [0.1, 0.15) is 23.5 Å². The van der Waals surface area contributed by atoms with E-state index in [9.17, 15) is 22.8 Å². The van der Waals surface area contributed by atoms with Crippen LogP contribution in [0, 0.1) is 5.92 Å². The van der Waals surface area contributed by atoms with Crippen molar-refractivity contribution in [2.24, 2.45) is 5.92 Å². The Labute approximate surface area is 147 Å². The molecule has 2 aliphatic rings. The van der Waals surface area contributed by atoms with E-state index in [0.717, 1.165) is 12.1 Å². The van der Waals surface area contributed by atoms with Gasteiger partial charge in [-0.25, -0.2) is 0 Å². The third-order valence-corrected chi connectivity index (χ3v) is 4.81. The van der Waals surface area contributed by atoms with Crippen LogP contribution in [-0.2, 0) is 15.8 Å². The Kier molecular flexibility index (Phi) is 3.75. The van der Waals surface area contributed by atoms with Crippen molar-refractivity contribution in [2.75, 3.05) is 16.8 Å². The number of carbonyl (C=O) groups excluding carboxylic acids is 2. The molecule has 134 valence electrons. The van der Waals surface area contributed by atoms with Gasteiger partial charge in [0, 0.05) is 5.92 Å². The van der Waals surface area contributed by atoms with Crippen LogP contribution in [0.4, 0.5) is 24.5 Å². The minimum absolute atomic E-state index is 0.0495. The van der Waals surface area contributed by atoms with E-state index in [1.54, 1.807) is 24.3 Å². The number of para-hydroxylation sites is 2. The molecule has 1 aliphatic heterocycles. The Morgan fingerprint density at radius 2 is 1.77 bits per heavy atom. The summed E-state index contributed by atoms with van der Waals surface area (Å²) in [5, 5.41) is 2.73. The number of anilines is 2. The quantitative estimate of drug-likeness (QED) is 0.886. The number of hydrogen-bond acceptors (Lipinski definition) is 2. The van der Waals surface area contributed by atoms with Crippen LogP contribution in [0.3, 0.4) is 0 Å². The van der Waals surface area contributed by atoms with Gasteiger partial charge >= 0.3 is 6.18 Å². The van der Waals surface area contributed by atoms with E-state index in [1.807, 2.05) is 0 Å². The minimum atomic E-state index is -4.37. The zero-order chi connectivity index (χ0) is 18.5. The fourth-order valence-corrected chi connectivity index (χ4v) is 3.39. The largest absolute Gasteiger partial charge is 0.416 e. The van der Waals surface area contributed by atoms with E-state index in [-0.39, 0.29) is 30.2 Å². The number of hydrogen-bond donors (Lipinski definition) is 1. The maximum Gasteiger partial charge on any atom is 0.416 e. The van der Waals surface area contributed by atoms with Gasteiger partial charge in [0.1, 0.15) is 6.54 Å². The summed E-state index contributed by atoms with van der Waals surface area (Å²) in [6, 6.07) is 12.0. The third kappa shape index (κ3) is 2.94. The molecule has 4 rings (SSSR count). The highest BCUT2D eigenvalue weighted by atomic mass is 19.4. The summed E-state index contributed by atoms with van der Waals surface area (Å²) in [4.78, 5) is 26.2. The predicted molar refractivity (Wildman–Crippen MR) is 89.7 cm³/mol. The lowest BCUT2D eigenvalue weighted by atomic mass is 10.1. The highest BCUT2D eigenvalue weighted by Gasteiger charge is 2.47. The van der Waals surface area contributed by atoms with Gasteiger partial charge in [0.15, 0.2) is 0 Å². The fraction of sp³-hybridized carbons (Fsp3) is 0.263. The van der Waals surface area contributed by atoms with E-state index in [4.69, 9.17) is 0 Å². The van der Waals surface area contributed by atoms with Crippen LogP contribution in [-0.4, -0.2) is 18.4 Å². The normalized spacial score (nSPS) is 21.8. The van der Waals surface area contributed by atoms with Crippen molar-refractivity contribution in [1.29, 1.82) is 0 Å². The SMILES string of the molecule is O=C1CN(C(=O)C2CC2c2ccc(C(F)(F)F)cc2)c2ccccc2N1. The van der Waals surface area contributed by atoms with E-state index in [1.165, 1.54) is 17.0 Å². The number of alkyl halides is 3. The molecule has 7 heteroatoms. The molecule has 0 saturated heterocycles. The molecule has 0 aromatic heterocycles. The lowest BCUT2D eigenvalue weighted by Gasteiger charge is -2.29. The van der Waals surface area contributed by atoms with Gasteiger partial charge in [-0.2, -0.15) is 13.2 Å². The van der Waals surface area contributed by atoms with Crippen molar-refractivity contribution in [3.63, 3.8) is 0 Å². The monoisotopic (exact) mass is 360 g/mol. The molecule has 1 heterocycles. The van der Waals surface area contributed by atoms with Crippen LogP contribution in [0.15, 0.2) is 48.5 Å². The molecule has 1 fully saturated rings. The van der Waals surface area contributed by atoms with Crippen molar-refractivity contribution in [3.05, 3.63) is 59.7 Å². The van der Waals surface area contributed by atoms with Gasteiger partial charge in [-0.1, -0.05) is 24.3 Å². The molecule has 1 saturated carbocycles. The van der Waals surface area contributed by atoms with Gasteiger partial charge in [-0.05, 0) is 42.2 Å². The van der Waals surface area contributed by atoms with Crippen molar-refractivity contribution in [3.8, 4) is 0 Å². The van der Waals surface area contributed by atoms with Crippen LogP contribution in [0.2, 0.25) is 0 Å². The first-order valence-electron chi connectivity index (χ1n) is 8.22. The Bertz CT molecular complexity index is 877. The number of halogens is 3. The van der Waals surface area contributed by atoms with Gasteiger partial charge in [0.05, 0.1) is 16.9 Å². The second-order valence-corrected chi connectivity index (χ2v) is 6.56. The zero-order valence-electron chi connectivity index (χ0n) is 13.6. The number of amides is 2. The van der Waals surface area contributed by atoms with Crippen molar-refractivity contribution in [2.45, 2.75) is 18.5 Å². The van der Waals surface area contributed by atoms with Crippen LogP contribution < -0.4 is 10.2 Å². The molecular weight excluding hydrogens is 345 g/mol. The minimum Gasteiger partial charge on any atom is -0.323 e. The molecular formula is C19H15F3N2O2. The summed E-state index contributed by atoms with van der Waals surface area (Å²) in [6.45, 7) is -0.0495. The number of fused-ring (bicyclic) bond motifs is 1. The lowest BCUT2D eigenvalue weighted by molar-refractivity contribution is -0.137. The smallest absolute Gasteiger partial charge is 0.323 e. The third-order valence-electron chi connectivity index (χ3n) is 4.81. The Hall–Kier alpha value is -2.83. The summed E-state index contributed by atoms with van der Waals surface area (Å²) in [5.74, 6) is -0.853. The number of nitrogens with zero attached hydrogens (tertiary/aromatic N) is 1. The Morgan fingerprint density at radius 3 is 2.46 bits per heavy atom. The molecule has 2 aromatic rings. The number of rotatable bonds is 2. The highest BCUT2D eigenvalue weighted by Crippen LogP contribution is 2.49. The number of benzene rings is 2. The second-order valence-electron chi connectivity index (χ2n) is 6.56. The van der Waals surface area contributed by atoms with Crippen LogP contribution >= 0.6 is 0 Å². The highest BCUT2D eigenvalue weighted by molar-refractivity contribution is 6.11. The van der Waals surface area contributed by atoms with Gasteiger partial charge < -0.3 is 10.2 Å². The molecule has 0 spiro atoms. The molecule has 2 unspecified atom stereocenters. The maximum atomic E-state index is 12.8. The van der Waals surface area contributed by atoms with Gasteiger partial charge in [-0.3, -0.25) is 9.59 Å². The van der Waals surface area contributed by atoms with E-state index in [2.05, 4.69) is 5.32 Å². The molecule has 1 aliphatic carbocycles. The molecule has 2 aromatic carbocycles. The topological polar surface area (TPSA) is 49.4 Å². The molecule has 1 N–H and O–H groups in total. The molecule has 26 heavy (non-hydrogen) atoms. The molecule has 2 amide bonds. The summed E-state index contributed by atoms with van der Waals surface area (Å²) in [7, 11) is 0. The van der Waals surface area contributed by atoms with Crippen LogP contribution in [0.25, 0.3) is 0 Å². The molecule has 4 nitrogen and oxygen atoms in total. The van der Waals surface area contributed by atoms with Crippen LogP contribution in [0.5, 0.6) is 0 Å². The molecule has 2 atom stereocenters. The van der Waals surface area contributed by atoms with Gasteiger partial charge in [-0.15, -0.1) is 0 Å². The van der Waals surface area contributed by atoms with Crippen molar-refractivity contribution >= 4 is 23.2 Å². The van der Waals surface area contributed by atoms with Crippen molar-refractivity contribution in [1.82, 2.24) is 0 Å². The average molecular weight is 360 g/mol. The fourth-order valence-electron chi connectivity index (χ4n) is 3.39. The van der Waals surface area contributed by atoms with Gasteiger partial charge in [0.2, 0.25) is 11.8 Å². The average Bonchev–Trinajstić information content (AvgIpc) is 3.40. The second kappa shape index (κ2) is 5.86. The van der Waals surface area contributed by atoms with E-state index < -0.39 is 11.7 Å². The maximum absolute atomic E-state index is 12.8. The standard InChI is InChI=1S/C19H15F3N2O2/c20-19(21,22)12-7-5-11(6-8-12)13-9-14(13)18(26)24-10-17(25)23-15-3-1-2-4-16(15)24/h1-8,13-14H,9-10H2,(H,23,25). The first-order valence-corrected chi connectivity index (χ1v) is 8.22. The van der Waals surface area contributed by atoms with Crippen molar-refractivity contribution < 1.29 is 22.8 Å². The lowest BCUT2D eigenvalue weighted by Crippen LogP contribution is -2.43. The summed E-state index contributed by atoms with van der Waals surface area (Å²) < 4.78 is 38.0.